The van der Waals surface area contributed by atoms with Gasteiger partial charge in [0.25, 0.3) is 0 Å². The van der Waals surface area contributed by atoms with Crippen molar-refractivity contribution in [2.75, 3.05) is 89.8 Å². The number of carbonyl (C=O) groups is 1. The fourth-order valence-electron chi connectivity index (χ4n) is 5.60. The summed E-state index contributed by atoms with van der Waals surface area (Å²) in [5.74, 6) is -0.537. The van der Waals surface area contributed by atoms with Gasteiger partial charge in [-0.05, 0) is 90.8 Å². The van der Waals surface area contributed by atoms with Gasteiger partial charge in [-0.3, -0.25) is 4.79 Å². The van der Waals surface area contributed by atoms with Crippen molar-refractivity contribution in [3.8, 4) is 11.5 Å². The minimum atomic E-state index is -2.76. The van der Waals surface area contributed by atoms with Gasteiger partial charge in [0.05, 0.1) is 36.8 Å². The number of ketones is 1. The highest BCUT2D eigenvalue weighted by molar-refractivity contribution is 6.61. The lowest BCUT2D eigenvalue weighted by Crippen LogP contribution is -2.46. The van der Waals surface area contributed by atoms with Crippen LogP contribution >= 0.6 is 0 Å². The summed E-state index contributed by atoms with van der Waals surface area (Å²) < 4.78 is 46.5. The van der Waals surface area contributed by atoms with E-state index in [1.54, 1.807) is 0 Å². The van der Waals surface area contributed by atoms with E-state index in [2.05, 4.69) is 10.6 Å². The van der Waals surface area contributed by atoms with Crippen molar-refractivity contribution >= 4 is 34.8 Å². The Balaban J connectivity index is 1.87. The third kappa shape index (κ3) is 16.6. The second-order valence-electron chi connectivity index (χ2n) is 12.2. The summed E-state index contributed by atoms with van der Waals surface area (Å²) in [6, 6.07) is 9.96. The van der Waals surface area contributed by atoms with Crippen LogP contribution in [0.4, 0.5) is 11.4 Å². The second kappa shape index (κ2) is 26.2. The largest absolute Gasteiger partial charge is 0.506 e. The molecule has 0 amide bonds. The third-order valence-electron chi connectivity index (χ3n) is 7.92. The first kappa shape index (κ1) is 47.5. The molecule has 0 aromatic heterocycles. The van der Waals surface area contributed by atoms with Crippen LogP contribution in [0, 0.1) is 0 Å². The maximum Gasteiger partial charge on any atom is 0.501 e. The number of hydrogen-bond donors (Lipinski definition) is 6. The first-order chi connectivity index (χ1) is 26.0. The highest BCUT2D eigenvalue weighted by Gasteiger charge is 2.40. The number of rotatable bonds is 32. The maximum atomic E-state index is 13.4. The maximum absolute atomic E-state index is 13.4. The number of hydrogen-bond acceptors (Lipinski definition) is 15. The highest BCUT2D eigenvalue weighted by Crippen LogP contribution is 2.29. The fourth-order valence-corrected chi connectivity index (χ4v) is 10.8. The van der Waals surface area contributed by atoms with Crippen molar-refractivity contribution in [2.45, 2.75) is 78.7 Å². The van der Waals surface area contributed by atoms with Gasteiger partial charge in [-0.25, -0.2) is 0 Å². The predicted molar refractivity (Wildman–Crippen MR) is 210 cm³/mol. The van der Waals surface area contributed by atoms with Gasteiger partial charge in [-0.2, -0.15) is 0 Å². The Morgan fingerprint density at radius 3 is 1.24 bits per heavy atom. The standard InChI is InChI=1S/C37H64N2O13Si2/c1-7-47-53(48-8-2,49-9-3)21-13-19-45-27-31(40)25-38-33-23-29(15-17-35(33)42)37(44)30-16-18-36(43)34(24-30)39-26-32(41)28-46-20-14-22-54(50-10-4,51-11-5)52-12-6/h15-18,23-24,31-32,38-43H,7-14,19-22,25-28H2,1-6H3. The van der Waals surface area contributed by atoms with E-state index in [4.69, 9.17) is 36.0 Å². The molecule has 0 bridgehead atoms. The molecule has 6 N–H and O–H groups in total. The molecule has 2 atom stereocenters. The molecule has 0 radical (unpaired) electrons. The molecule has 0 aliphatic carbocycles. The number of aliphatic hydroxyl groups excluding tert-OH is 2. The summed E-state index contributed by atoms with van der Waals surface area (Å²) in [7, 11) is -5.52. The predicted octanol–water partition coefficient (Wildman–Crippen LogP) is 4.78. The molecular weight excluding hydrogens is 737 g/mol. The van der Waals surface area contributed by atoms with Crippen molar-refractivity contribution in [2.24, 2.45) is 0 Å². The molecule has 0 saturated carbocycles. The van der Waals surface area contributed by atoms with Crippen LogP contribution in [-0.2, 0) is 36.0 Å². The zero-order chi connectivity index (χ0) is 39.8. The number of aromatic hydroxyl groups is 2. The topological polar surface area (TPSA) is 196 Å². The normalized spacial score (nSPS) is 13.2. The number of benzene rings is 2. The molecular formula is C37H64N2O13Si2. The number of aliphatic hydroxyl groups is 2. The molecule has 0 aliphatic heterocycles. The van der Waals surface area contributed by atoms with Crippen LogP contribution < -0.4 is 10.6 Å². The molecule has 0 heterocycles. The first-order valence-electron chi connectivity index (χ1n) is 19.0. The molecule has 2 rings (SSSR count). The van der Waals surface area contributed by atoms with Gasteiger partial charge in [0.1, 0.15) is 11.5 Å². The number of phenols is 2. The number of ether oxygens (including phenoxy) is 2. The van der Waals surface area contributed by atoms with Crippen molar-refractivity contribution in [1.29, 1.82) is 0 Å². The number of phenolic OH excluding ortho intramolecular Hbond substituents is 2. The number of carbonyl (C=O) groups excluding carboxylic acids is 1. The van der Waals surface area contributed by atoms with Gasteiger partial charge in [-0.15, -0.1) is 0 Å². The van der Waals surface area contributed by atoms with Crippen LogP contribution in [0.5, 0.6) is 11.5 Å². The average Bonchev–Trinajstić information content (AvgIpc) is 3.14. The Labute approximate surface area is 322 Å². The summed E-state index contributed by atoms with van der Waals surface area (Å²) in [6.07, 6.45) is -0.483. The van der Waals surface area contributed by atoms with Gasteiger partial charge in [0, 0.05) is 89.2 Å². The molecule has 308 valence electrons. The van der Waals surface area contributed by atoms with Gasteiger partial charge in [-0.1, -0.05) is 0 Å². The van der Waals surface area contributed by atoms with Gasteiger partial charge in [0.15, 0.2) is 5.78 Å². The molecule has 17 heteroatoms. The monoisotopic (exact) mass is 800 g/mol. The van der Waals surface area contributed by atoms with Crippen LogP contribution in [0.25, 0.3) is 0 Å². The first-order valence-corrected chi connectivity index (χ1v) is 22.9. The highest BCUT2D eigenvalue weighted by atomic mass is 28.4. The fraction of sp³-hybridized carbons (Fsp3) is 0.649. The van der Waals surface area contributed by atoms with Crippen LogP contribution in [0.2, 0.25) is 12.1 Å². The number of anilines is 2. The zero-order valence-electron chi connectivity index (χ0n) is 32.9. The van der Waals surface area contributed by atoms with Crippen LogP contribution in [-0.4, -0.2) is 135 Å². The Morgan fingerprint density at radius 1 is 0.593 bits per heavy atom. The van der Waals surface area contributed by atoms with Crippen molar-refractivity contribution in [1.82, 2.24) is 0 Å². The van der Waals surface area contributed by atoms with E-state index in [0.29, 0.717) is 77.8 Å². The van der Waals surface area contributed by atoms with E-state index in [-0.39, 0.29) is 66.1 Å². The third-order valence-corrected chi connectivity index (χ3v) is 14.2. The van der Waals surface area contributed by atoms with E-state index in [9.17, 15) is 25.2 Å². The lowest BCUT2D eigenvalue weighted by Gasteiger charge is -2.28. The number of nitrogens with one attached hydrogen (secondary N) is 2. The average molecular weight is 801 g/mol. The molecule has 54 heavy (non-hydrogen) atoms. The minimum absolute atomic E-state index is 0.0579. The Bertz CT molecular complexity index is 1210. The van der Waals surface area contributed by atoms with Crippen LogP contribution in [0.3, 0.4) is 0 Å². The van der Waals surface area contributed by atoms with E-state index in [1.807, 2.05) is 41.5 Å². The quantitative estimate of drug-likeness (QED) is 0.0256. The van der Waals surface area contributed by atoms with E-state index < -0.39 is 29.8 Å². The SMILES string of the molecule is CCO[Si](CCCOCC(O)CNc1cc(C(=O)c2ccc(O)c(NCC(O)COCCC[Si](OCC)(OCC)OCC)c2)ccc1O)(OCC)OCC. The lowest BCUT2D eigenvalue weighted by molar-refractivity contribution is 0.0377. The van der Waals surface area contributed by atoms with Crippen molar-refractivity contribution < 1.29 is 61.3 Å². The van der Waals surface area contributed by atoms with E-state index in [0.717, 1.165) is 0 Å². The lowest BCUT2D eigenvalue weighted by atomic mass is 10.0. The summed E-state index contributed by atoms with van der Waals surface area (Å²) >= 11 is 0. The summed E-state index contributed by atoms with van der Waals surface area (Å²) in [6.45, 7) is 15.4. The van der Waals surface area contributed by atoms with E-state index >= 15 is 0 Å². The summed E-state index contributed by atoms with van der Waals surface area (Å²) in [4.78, 5) is 13.4. The van der Waals surface area contributed by atoms with Gasteiger partial charge < -0.3 is 67.1 Å². The van der Waals surface area contributed by atoms with Crippen molar-refractivity contribution in [3.63, 3.8) is 0 Å². The Morgan fingerprint density at radius 2 is 0.926 bits per heavy atom. The smallest absolute Gasteiger partial charge is 0.501 e. The molecule has 0 aliphatic rings. The molecule has 2 aromatic rings. The zero-order valence-corrected chi connectivity index (χ0v) is 34.9. The Hall–Kier alpha value is -2.66. The Kier molecular flexibility index (Phi) is 23.1. The van der Waals surface area contributed by atoms with Gasteiger partial charge in [0.2, 0.25) is 0 Å². The molecule has 2 aromatic carbocycles. The summed E-state index contributed by atoms with van der Waals surface area (Å²) in [5, 5.41) is 47.8. The van der Waals surface area contributed by atoms with Crippen molar-refractivity contribution in [3.05, 3.63) is 47.5 Å². The molecule has 0 spiro atoms. The molecule has 2 unspecified atom stereocenters. The van der Waals surface area contributed by atoms with Crippen LogP contribution in [0.1, 0.15) is 70.3 Å². The molecule has 15 nitrogen and oxygen atoms in total. The minimum Gasteiger partial charge on any atom is -0.506 e. The summed E-state index contributed by atoms with van der Waals surface area (Å²) in [5.41, 5.74) is 1.09. The second-order valence-corrected chi connectivity index (χ2v) is 17.6. The molecule has 0 saturated heterocycles. The van der Waals surface area contributed by atoms with Crippen LogP contribution in [0.15, 0.2) is 36.4 Å². The van der Waals surface area contributed by atoms with E-state index in [1.165, 1.54) is 36.4 Å². The van der Waals surface area contributed by atoms with Gasteiger partial charge >= 0.3 is 17.6 Å². The molecule has 0 fully saturated rings.